The third-order valence-corrected chi connectivity index (χ3v) is 2.49. The molecule has 66 valence electrons. The fourth-order valence-corrected chi connectivity index (χ4v) is 1.67. The number of aromatic nitrogens is 1. The molecule has 1 unspecified atom stereocenters. The van der Waals surface area contributed by atoms with Gasteiger partial charge in [0.15, 0.2) is 0 Å². The van der Waals surface area contributed by atoms with Crippen molar-refractivity contribution in [3.8, 4) is 0 Å². The van der Waals surface area contributed by atoms with Crippen molar-refractivity contribution >= 4 is 25.4 Å². The van der Waals surface area contributed by atoms with Crippen LogP contribution >= 0.6 is 9.24 Å². The van der Waals surface area contributed by atoms with E-state index in [1.54, 1.807) is 0 Å². The molecule has 0 saturated carbocycles. The van der Waals surface area contributed by atoms with E-state index in [1.807, 2.05) is 6.20 Å². The van der Waals surface area contributed by atoms with Crippen LogP contribution in [0.1, 0.15) is 12.5 Å². The Morgan fingerprint density at radius 1 is 1.31 bits per heavy atom. The molecule has 0 fully saturated rings. The van der Waals surface area contributed by atoms with Crippen LogP contribution in [0.25, 0.3) is 10.9 Å². The lowest BCUT2D eigenvalue weighted by Gasteiger charge is -2.00. The predicted octanol–water partition coefficient (Wildman–Crippen LogP) is 2.30. The van der Waals surface area contributed by atoms with Crippen LogP contribution in [-0.4, -0.2) is 4.98 Å². The van der Waals surface area contributed by atoms with Crippen molar-refractivity contribution < 1.29 is 0 Å². The molecule has 2 heteroatoms. The Hall–Kier alpha value is -0.940. The van der Waals surface area contributed by atoms with Gasteiger partial charge in [-0.3, -0.25) is 4.98 Å². The summed E-state index contributed by atoms with van der Waals surface area (Å²) in [5, 5.41) is 2.37. The summed E-state index contributed by atoms with van der Waals surface area (Å²) in [6.45, 7) is 2.17. The average molecular weight is 189 g/mol. The van der Waals surface area contributed by atoms with Gasteiger partial charge in [0, 0.05) is 11.6 Å². The molecule has 0 amide bonds. The van der Waals surface area contributed by atoms with Gasteiger partial charge in [-0.1, -0.05) is 13.0 Å². The second-order valence-corrected chi connectivity index (χ2v) is 3.82. The van der Waals surface area contributed by atoms with E-state index in [9.17, 15) is 0 Å². The number of nitrogens with zero attached hydrogens (tertiary/aromatic N) is 1. The van der Waals surface area contributed by atoms with E-state index in [1.165, 1.54) is 10.9 Å². The number of aryl methyl sites for hydroxylation is 1. The highest BCUT2D eigenvalue weighted by atomic mass is 31.0. The fourth-order valence-electron chi connectivity index (χ4n) is 1.42. The first-order valence-corrected chi connectivity index (χ1v) is 5.01. The molecule has 0 bridgehead atoms. The molecule has 13 heavy (non-hydrogen) atoms. The van der Waals surface area contributed by atoms with Gasteiger partial charge in [-0.25, -0.2) is 0 Å². The molecule has 0 N–H and O–H groups in total. The van der Waals surface area contributed by atoms with Crippen LogP contribution in [0.5, 0.6) is 0 Å². The van der Waals surface area contributed by atoms with Crippen LogP contribution in [0, 0.1) is 0 Å². The van der Waals surface area contributed by atoms with E-state index in [-0.39, 0.29) is 0 Å². The van der Waals surface area contributed by atoms with Crippen molar-refractivity contribution in [3.05, 3.63) is 36.0 Å². The van der Waals surface area contributed by atoms with Gasteiger partial charge in [-0.05, 0) is 35.5 Å². The maximum atomic E-state index is 4.34. The first-order chi connectivity index (χ1) is 6.29. The summed E-state index contributed by atoms with van der Waals surface area (Å²) in [5.41, 5.74) is 2.44. The molecule has 1 heterocycles. The molecule has 0 radical (unpaired) electrons. The van der Waals surface area contributed by atoms with Crippen molar-refractivity contribution in [2.75, 3.05) is 0 Å². The first-order valence-electron chi connectivity index (χ1n) is 4.44. The predicted molar refractivity (Wildman–Crippen MR) is 60.5 cm³/mol. The lowest BCUT2D eigenvalue weighted by atomic mass is 10.1. The molecule has 1 nitrogen and oxygen atoms in total. The maximum absolute atomic E-state index is 4.34. The number of pyridine rings is 1. The standard InChI is InChI=1S/C11H12NP/c1-2-8-3-4-11-9(5-8)6-10(13)7-12-11/h3-7H,2,13H2,1H3. The zero-order valence-corrected chi connectivity index (χ0v) is 8.77. The molecule has 1 aromatic heterocycles. The molecular formula is C11H12NP. The quantitative estimate of drug-likeness (QED) is 0.627. The van der Waals surface area contributed by atoms with Gasteiger partial charge in [-0.2, -0.15) is 0 Å². The van der Waals surface area contributed by atoms with Gasteiger partial charge in [0.2, 0.25) is 0 Å². The van der Waals surface area contributed by atoms with E-state index in [0.29, 0.717) is 0 Å². The molecule has 2 rings (SSSR count). The number of hydrogen-bond donors (Lipinski definition) is 0. The summed E-state index contributed by atoms with van der Waals surface area (Å²) < 4.78 is 0. The smallest absolute Gasteiger partial charge is 0.0702 e. The highest BCUT2D eigenvalue weighted by Gasteiger charge is 1.96. The minimum Gasteiger partial charge on any atom is -0.256 e. The Labute approximate surface area is 80.4 Å². The van der Waals surface area contributed by atoms with Crippen LogP contribution in [0.3, 0.4) is 0 Å². The Kier molecular flexibility index (Phi) is 2.28. The fraction of sp³-hybridized carbons (Fsp3) is 0.182. The lowest BCUT2D eigenvalue weighted by molar-refractivity contribution is 1.14. The van der Waals surface area contributed by atoms with Crippen molar-refractivity contribution in [1.82, 2.24) is 4.98 Å². The second-order valence-electron chi connectivity index (χ2n) is 3.15. The van der Waals surface area contributed by atoms with Gasteiger partial charge >= 0.3 is 0 Å². The van der Waals surface area contributed by atoms with Crippen LogP contribution in [-0.2, 0) is 6.42 Å². The van der Waals surface area contributed by atoms with Crippen LogP contribution in [0.15, 0.2) is 30.5 Å². The van der Waals surface area contributed by atoms with Gasteiger partial charge in [0.1, 0.15) is 0 Å². The molecule has 0 aliphatic rings. The molecule has 0 saturated heterocycles. The van der Waals surface area contributed by atoms with Crippen molar-refractivity contribution in [1.29, 1.82) is 0 Å². The minimum absolute atomic E-state index is 1.07. The third kappa shape index (κ3) is 1.71. The molecule has 0 aliphatic carbocycles. The molecule has 0 spiro atoms. The summed E-state index contributed by atoms with van der Waals surface area (Å²) in [6.07, 6.45) is 2.95. The lowest BCUT2D eigenvalue weighted by Crippen LogP contribution is -1.92. The summed E-state index contributed by atoms with van der Waals surface area (Å²) in [6, 6.07) is 8.57. The Morgan fingerprint density at radius 2 is 2.15 bits per heavy atom. The SMILES string of the molecule is CCc1ccc2ncc(P)cc2c1. The largest absolute Gasteiger partial charge is 0.256 e. The van der Waals surface area contributed by atoms with Crippen molar-refractivity contribution in [2.45, 2.75) is 13.3 Å². The van der Waals surface area contributed by atoms with Crippen LogP contribution in [0.4, 0.5) is 0 Å². The van der Waals surface area contributed by atoms with Crippen LogP contribution in [0.2, 0.25) is 0 Å². The Balaban J connectivity index is 2.68. The van der Waals surface area contributed by atoms with Gasteiger partial charge in [0.25, 0.3) is 0 Å². The summed E-state index contributed by atoms with van der Waals surface area (Å²) >= 11 is 0. The highest BCUT2D eigenvalue weighted by molar-refractivity contribution is 7.27. The average Bonchev–Trinajstić information content (AvgIpc) is 2.16. The van der Waals surface area contributed by atoms with E-state index in [4.69, 9.17) is 0 Å². The normalized spacial score (nSPS) is 10.6. The second kappa shape index (κ2) is 3.43. The zero-order valence-electron chi connectivity index (χ0n) is 7.62. The summed E-state index contributed by atoms with van der Waals surface area (Å²) in [4.78, 5) is 4.34. The number of hydrogen-bond acceptors (Lipinski definition) is 1. The number of benzene rings is 1. The van der Waals surface area contributed by atoms with E-state index >= 15 is 0 Å². The van der Waals surface area contributed by atoms with Gasteiger partial charge < -0.3 is 0 Å². The van der Waals surface area contributed by atoms with E-state index in [0.717, 1.165) is 17.2 Å². The monoisotopic (exact) mass is 189 g/mol. The topological polar surface area (TPSA) is 12.9 Å². The van der Waals surface area contributed by atoms with Crippen molar-refractivity contribution in [3.63, 3.8) is 0 Å². The van der Waals surface area contributed by atoms with E-state index < -0.39 is 0 Å². The number of fused-ring (bicyclic) bond motifs is 1. The van der Waals surface area contributed by atoms with Gasteiger partial charge in [0.05, 0.1) is 5.52 Å². The molecule has 2 aromatic rings. The zero-order chi connectivity index (χ0) is 9.26. The van der Waals surface area contributed by atoms with Crippen molar-refractivity contribution in [2.24, 2.45) is 0 Å². The van der Waals surface area contributed by atoms with Crippen LogP contribution < -0.4 is 5.30 Å². The molecule has 0 aliphatic heterocycles. The molecule has 1 atom stereocenters. The molecule has 1 aromatic carbocycles. The molecular weight excluding hydrogens is 177 g/mol. The summed E-state index contributed by atoms with van der Waals surface area (Å²) in [5.74, 6) is 0. The maximum Gasteiger partial charge on any atom is 0.0702 e. The van der Waals surface area contributed by atoms with E-state index in [2.05, 4.69) is 45.4 Å². The summed E-state index contributed by atoms with van der Waals surface area (Å²) in [7, 11) is 2.67. The number of rotatable bonds is 1. The highest BCUT2D eigenvalue weighted by Crippen LogP contribution is 2.13. The van der Waals surface area contributed by atoms with Gasteiger partial charge in [-0.15, -0.1) is 9.24 Å². The Bertz CT molecular complexity index is 437. The third-order valence-electron chi connectivity index (χ3n) is 2.18. The minimum atomic E-state index is 1.07. The first kappa shape index (κ1) is 8.65. The Morgan fingerprint density at radius 3 is 2.92 bits per heavy atom.